The Morgan fingerprint density at radius 2 is 1.00 bits per heavy atom. The second-order valence-corrected chi connectivity index (χ2v) is 6.47. The first-order chi connectivity index (χ1) is 14.0. The molecule has 2 rings (SSSR count). The molecule has 2 aromatic carbocycles. The lowest BCUT2D eigenvalue weighted by atomic mass is 10.1. The molecule has 6 nitrogen and oxygen atoms in total. The summed E-state index contributed by atoms with van der Waals surface area (Å²) >= 11 is 0. The molecule has 2 aromatic rings. The molecule has 0 fully saturated rings. The number of ether oxygens (including phenoxy) is 3. The first-order valence-corrected chi connectivity index (χ1v) is 9.81. The second kappa shape index (κ2) is 11.6. The summed E-state index contributed by atoms with van der Waals surface area (Å²) in [6.45, 7) is 4.79. The molecule has 0 saturated carbocycles. The van der Waals surface area contributed by atoms with Gasteiger partial charge in [0.2, 0.25) is 0 Å². The maximum Gasteiger partial charge on any atom is 0.343 e. The smallest absolute Gasteiger partial charge is 0.343 e. The molecule has 154 valence electrons. The van der Waals surface area contributed by atoms with Crippen LogP contribution < -0.4 is 4.74 Å². The Hall–Kier alpha value is -3.15. The van der Waals surface area contributed by atoms with E-state index in [4.69, 9.17) is 14.2 Å². The quantitative estimate of drug-likeness (QED) is 0.324. The van der Waals surface area contributed by atoms with Crippen molar-refractivity contribution in [1.29, 1.82) is 0 Å². The van der Waals surface area contributed by atoms with Gasteiger partial charge in [-0.05, 0) is 61.4 Å². The van der Waals surface area contributed by atoms with Gasteiger partial charge in [0.25, 0.3) is 0 Å². The highest BCUT2D eigenvalue weighted by Gasteiger charge is 2.13. The van der Waals surface area contributed by atoms with Gasteiger partial charge >= 0.3 is 17.9 Å². The number of hydrogen-bond acceptors (Lipinski definition) is 6. The molecule has 0 spiro atoms. The topological polar surface area (TPSA) is 78.9 Å². The summed E-state index contributed by atoms with van der Waals surface area (Å²) in [7, 11) is 0. The van der Waals surface area contributed by atoms with Crippen molar-refractivity contribution >= 4 is 17.9 Å². The summed E-state index contributed by atoms with van der Waals surface area (Å²) in [5.41, 5.74) is 1.08. The molecule has 0 radical (unpaired) electrons. The lowest BCUT2D eigenvalue weighted by molar-refractivity contribution is 0.0490. The predicted molar refractivity (Wildman–Crippen MR) is 108 cm³/mol. The van der Waals surface area contributed by atoms with Crippen LogP contribution in [-0.4, -0.2) is 31.1 Å². The van der Waals surface area contributed by atoms with Gasteiger partial charge in [0.15, 0.2) is 0 Å². The summed E-state index contributed by atoms with van der Waals surface area (Å²) in [5.74, 6) is -1.07. The monoisotopic (exact) mass is 398 g/mol. The fourth-order valence-corrected chi connectivity index (χ4v) is 2.35. The van der Waals surface area contributed by atoms with E-state index in [0.29, 0.717) is 35.7 Å². The molecule has 0 bridgehead atoms. The van der Waals surface area contributed by atoms with E-state index in [1.54, 1.807) is 12.1 Å². The van der Waals surface area contributed by atoms with Gasteiger partial charge in [-0.3, -0.25) is 0 Å². The van der Waals surface area contributed by atoms with E-state index in [2.05, 4.69) is 0 Å². The lowest BCUT2D eigenvalue weighted by Crippen LogP contribution is -2.10. The first kappa shape index (κ1) is 22.1. The minimum absolute atomic E-state index is 0.304. The summed E-state index contributed by atoms with van der Waals surface area (Å²) in [6, 6.07) is 12.2. The molecule has 0 amide bonds. The molecule has 29 heavy (non-hydrogen) atoms. The molecule has 0 aliphatic rings. The summed E-state index contributed by atoms with van der Waals surface area (Å²) in [6.07, 6.45) is 3.52. The predicted octanol–water partition coefficient (Wildman–Crippen LogP) is 4.82. The molecule has 0 heterocycles. The maximum absolute atomic E-state index is 12.3. The zero-order chi connectivity index (χ0) is 21.1. The van der Waals surface area contributed by atoms with Crippen molar-refractivity contribution in [3.8, 4) is 5.75 Å². The highest BCUT2D eigenvalue weighted by atomic mass is 16.5. The van der Waals surface area contributed by atoms with E-state index in [-0.39, 0.29) is 0 Å². The Kier molecular flexibility index (Phi) is 8.89. The number of carbonyl (C=O) groups is 3. The Balaban J connectivity index is 1.91. The number of esters is 3. The largest absolute Gasteiger partial charge is 0.462 e. The number of rotatable bonds is 10. The molecule has 0 aromatic heterocycles. The van der Waals surface area contributed by atoms with Crippen LogP contribution >= 0.6 is 0 Å². The number of hydrogen-bond donors (Lipinski definition) is 0. The van der Waals surface area contributed by atoms with Gasteiger partial charge < -0.3 is 14.2 Å². The van der Waals surface area contributed by atoms with Crippen LogP contribution in [0.15, 0.2) is 48.5 Å². The molecule has 0 saturated heterocycles. The van der Waals surface area contributed by atoms with Crippen LogP contribution in [0.3, 0.4) is 0 Å². The van der Waals surface area contributed by atoms with E-state index < -0.39 is 17.9 Å². The van der Waals surface area contributed by atoms with Crippen molar-refractivity contribution in [2.75, 3.05) is 13.2 Å². The summed E-state index contributed by atoms with van der Waals surface area (Å²) < 4.78 is 15.6. The Bertz CT molecular complexity index is 808. The molecular formula is C23H26O6. The van der Waals surface area contributed by atoms with Gasteiger partial charge in [-0.25, -0.2) is 14.4 Å². The third kappa shape index (κ3) is 7.07. The van der Waals surface area contributed by atoms with Gasteiger partial charge in [0.1, 0.15) is 5.75 Å². The molecule has 6 heteroatoms. The maximum atomic E-state index is 12.3. The SMILES string of the molecule is CCCCOC(=O)c1ccc(OC(=O)c2ccc(C(=O)OCCCC)cc2)cc1. The number of unbranched alkanes of at least 4 members (excludes halogenated alkanes) is 2. The zero-order valence-electron chi connectivity index (χ0n) is 16.8. The van der Waals surface area contributed by atoms with E-state index in [1.807, 2.05) is 13.8 Å². The Morgan fingerprint density at radius 1 is 0.621 bits per heavy atom. The van der Waals surface area contributed by atoms with Gasteiger partial charge in [0.05, 0.1) is 29.9 Å². The zero-order valence-corrected chi connectivity index (χ0v) is 16.8. The minimum Gasteiger partial charge on any atom is -0.462 e. The van der Waals surface area contributed by atoms with Gasteiger partial charge in [-0.15, -0.1) is 0 Å². The fourth-order valence-electron chi connectivity index (χ4n) is 2.35. The average Bonchev–Trinajstić information content (AvgIpc) is 2.74. The van der Waals surface area contributed by atoms with Crippen LogP contribution in [0.5, 0.6) is 5.75 Å². The van der Waals surface area contributed by atoms with Gasteiger partial charge in [-0.1, -0.05) is 26.7 Å². The first-order valence-electron chi connectivity index (χ1n) is 9.81. The third-order valence-corrected chi connectivity index (χ3v) is 4.12. The standard InChI is InChI=1S/C23H26O6/c1-3-5-15-27-21(24)17-7-9-19(10-8-17)23(26)29-20-13-11-18(12-14-20)22(25)28-16-6-4-2/h7-14H,3-6,15-16H2,1-2H3. The molecule has 0 N–H and O–H groups in total. The molecule has 0 aliphatic carbocycles. The van der Waals surface area contributed by atoms with E-state index >= 15 is 0 Å². The summed E-state index contributed by atoms with van der Waals surface area (Å²) in [4.78, 5) is 36.0. The number of benzene rings is 2. The second-order valence-electron chi connectivity index (χ2n) is 6.47. The highest BCUT2D eigenvalue weighted by molar-refractivity contribution is 5.94. The van der Waals surface area contributed by atoms with Crippen LogP contribution in [-0.2, 0) is 9.47 Å². The van der Waals surface area contributed by atoms with Gasteiger partial charge in [-0.2, -0.15) is 0 Å². The Labute approximate surface area is 170 Å². The molecule has 0 aliphatic heterocycles. The van der Waals surface area contributed by atoms with Crippen LogP contribution in [0, 0.1) is 0 Å². The van der Waals surface area contributed by atoms with Crippen molar-refractivity contribution in [2.45, 2.75) is 39.5 Å². The van der Waals surface area contributed by atoms with E-state index in [0.717, 1.165) is 25.7 Å². The average molecular weight is 398 g/mol. The molecule has 0 unspecified atom stereocenters. The van der Waals surface area contributed by atoms with E-state index in [1.165, 1.54) is 36.4 Å². The van der Waals surface area contributed by atoms with Crippen LogP contribution in [0.4, 0.5) is 0 Å². The Morgan fingerprint density at radius 3 is 1.41 bits per heavy atom. The van der Waals surface area contributed by atoms with Crippen molar-refractivity contribution in [1.82, 2.24) is 0 Å². The number of carbonyl (C=O) groups excluding carboxylic acids is 3. The minimum atomic E-state index is -0.561. The lowest BCUT2D eigenvalue weighted by Gasteiger charge is -2.07. The normalized spacial score (nSPS) is 10.3. The molecular weight excluding hydrogens is 372 g/mol. The highest BCUT2D eigenvalue weighted by Crippen LogP contribution is 2.16. The fraction of sp³-hybridized carbons (Fsp3) is 0.348. The van der Waals surface area contributed by atoms with Crippen molar-refractivity contribution in [3.63, 3.8) is 0 Å². The van der Waals surface area contributed by atoms with Gasteiger partial charge in [0, 0.05) is 0 Å². The van der Waals surface area contributed by atoms with Crippen LogP contribution in [0.2, 0.25) is 0 Å². The van der Waals surface area contributed by atoms with Crippen molar-refractivity contribution in [2.24, 2.45) is 0 Å². The van der Waals surface area contributed by atoms with Crippen molar-refractivity contribution in [3.05, 3.63) is 65.2 Å². The van der Waals surface area contributed by atoms with Crippen molar-refractivity contribution < 1.29 is 28.6 Å². The molecule has 0 atom stereocenters. The third-order valence-electron chi connectivity index (χ3n) is 4.12. The summed E-state index contributed by atoms with van der Waals surface area (Å²) in [5, 5.41) is 0. The van der Waals surface area contributed by atoms with Crippen LogP contribution in [0.25, 0.3) is 0 Å². The van der Waals surface area contributed by atoms with E-state index in [9.17, 15) is 14.4 Å². The van der Waals surface area contributed by atoms with Crippen LogP contribution in [0.1, 0.15) is 70.6 Å².